The molecule has 0 fully saturated rings. The van der Waals surface area contributed by atoms with Gasteiger partial charge in [-0.3, -0.25) is 0 Å². The number of rotatable bonds is 7. The van der Waals surface area contributed by atoms with Gasteiger partial charge in [-0.15, -0.1) is 0 Å². The van der Waals surface area contributed by atoms with Gasteiger partial charge in [0.25, 0.3) is 0 Å². The minimum atomic E-state index is 0.946. The molecule has 0 aliphatic carbocycles. The van der Waals surface area contributed by atoms with Crippen LogP contribution in [0.5, 0.6) is 0 Å². The smallest absolute Gasteiger partial charge is 0.0366 e. The molecule has 1 rings (SSSR count). The molecular formula is C14H24N2. The van der Waals surface area contributed by atoms with Gasteiger partial charge in [-0.05, 0) is 37.6 Å². The molecule has 1 aromatic carbocycles. The largest absolute Gasteiger partial charge is 0.372 e. The Hall–Kier alpha value is -1.02. The molecule has 90 valence electrons. The summed E-state index contributed by atoms with van der Waals surface area (Å²) in [4.78, 5) is 2.46. The summed E-state index contributed by atoms with van der Waals surface area (Å²) in [6.45, 7) is 7.72. The summed E-state index contributed by atoms with van der Waals surface area (Å²) >= 11 is 0. The topological polar surface area (TPSA) is 15.3 Å². The van der Waals surface area contributed by atoms with Crippen LogP contribution in [-0.2, 0) is 6.54 Å². The maximum Gasteiger partial charge on any atom is 0.0366 e. The Balaban J connectivity index is 2.68. The van der Waals surface area contributed by atoms with Gasteiger partial charge in [0.1, 0.15) is 0 Å². The van der Waals surface area contributed by atoms with Crippen molar-refractivity contribution in [1.29, 1.82) is 0 Å². The van der Waals surface area contributed by atoms with Crippen molar-refractivity contribution < 1.29 is 0 Å². The molecule has 0 unspecified atom stereocenters. The van der Waals surface area contributed by atoms with Crippen molar-refractivity contribution in [3.8, 4) is 0 Å². The summed E-state index contributed by atoms with van der Waals surface area (Å²) in [5.74, 6) is 0. The second-order valence-corrected chi connectivity index (χ2v) is 4.18. The number of benzene rings is 1. The first kappa shape index (κ1) is 13.0. The van der Waals surface area contributed by atoms with Crippen LogP contribution in [0.15, 0.2) is 24.3 Å². The molecule has 1 aromatic rings. The van der Waals surface area contributed by atoms with Crippen LogP contribution in [0.2, 0.25) is 0 Å². The molecule has 0 saturated carbocycles. The molecule has 2 heteroatoms. The maximum atomic E-state index is 3.17. The second kappa shape index (κ2) is 7.29. The van der Waals surface area contributed by atoms with Gasteiger partial charge >= 0.3 is 0 Å². The van der Waals surface area contributed by atoms with Gasteiger partial charge in [0.05, 0.1) is 0 Å². The zero-order valence-electron chi connectivity index (χ0n) is 10.8. The van der Waals surface area contributed by atoms with Crippen LogP contribution in [0, 0.1) is 0 Å². The quantitative estimate of drug-likeness (QED) is 0.760. The summed E-state index contributed by atoms with van der Waals surface area (Å²) < 4.78 is 0. The Morgan fingerprint density at radius 2 is 1.56 bits per heavy atom. The number of anilines is 1. The monoisotopic (exact) mass is 220 g/mol. The predicted octanol–water partition coefficient (Wildman–Crippen LogP) is 3.03. The molecule has 0 heterocycles. The molecule has 0 saturated heterocycles. The van der Waals surface area contributed by atoms with Gasteiger partial charge in [-0.25, -0.2) is 0 Å². The number of hydrogen-bond donors (Lipinski definition) is 1. The highest BCUT2D eigenvalue weighted by Gasteiger charge is 2.03. The SMILES string of the molecule is CCCN(CCC)c1ccc(CNC)cc1. The zero-order valence-corrected chi connectivity index (χ0v) is 10.8. The lowest BCUT2D eigenvalue weighted by molar-refractivity contribution is 0.744. The van der Waals surface area contributed by atoms with E-state index in [0.29, 0.717) is 0 Å². The predicted molar refractivity (Wildman–Crippen MR) is 72.0 cm³/mol. The molecule has 0 spiro atoms. The Kier molecular flexibility index (Phi) is 5.94. The van der Waals surface area contributed by atoms with E-state index in [9.17, 15) is 0 Å². The molecular weight excluding hydrogens is 196 g/mol. The third-order valence-corrected chi connectivity index (χ3v) is 2.67. The van der Waals surface area contributed by atoms with Gasteiger partial charge in [0, 0.05) is 25.3 Å². The van der Waals surface area contributed by atoms with Crippen molar-refractivity contribution >= 4 is 5.69 Å². The molecule has 0 aliphatic heterocycles. The van der Waals surface area contributed by atoms with Crippen LogP contribution < -0.4 is 10.2 Å². The normalized spacial score (nSPS) is 10.4. The molecule has 16 heavy (non-hydrogen) atoms. The van der Waals surface area contributed by atoms with Gasteiger partial charge in [0.15, 0.2) is 0 Å². The van der Waals surface area contributed by atoms with Crippen LogP contribution in [0.25, 0.3) is 0 Å². The molecule has 2 nitrogen and oxygen atoms in total. The summed E-state index contributed by atoms with van der Waals surface area (Å²) in [6.07, 6.45) is 2.41. The highest BCUT2D eigenvalue weighted by molar-refractivity contribution is 5.47. The van der Waals surface area contributed by atoms with Crippen molar-refractivity contribution in [2.45, 2.75) is 33.2 Å². The molecule has 0 aromatic heterocycles. The van der Waals surface area contributed by atoms with Crippen molar-refractivity contribution in [3.63, 3.8) is 0 Å². The third kappa shape index (κ3) is 3.86. The second-order valence-electron chi connectivity index (χ2n) is 4.18. The standard InChI is InChI=1S/C14H24N2/c1-4-10-16(11-5-2)14-8-6-13(7-9-14)12-15-3/h6-9,15H,4-5,10-12H2,1-3H3. The zero-order chi connectivity index (χ0) is 11.8. The van der Waals surface area contributed by atoms with E-state index >= 15 is 0 Å². The number of nitrogens with one attached hydrogen (secondary N) is 1. The van der Waals surface area contributed by atoms with E-state index in [0.717, 1.165) is 19.6 Å². The first-order chi connectivity index (χ1) is 7.81. The fourth-order valence-electron chi connectivity index (χ4n) is 1.94. The summed E-state index contributed by atoms with van der Waals surface area (Å²) in [5, 5.41) is 3.17. The van der Waals surface area contributed by atoms with Crippen molar-refractivity contribution in [3.05, 3.63) is 29.8 Å². The molecule has 0 amide bonds. The Labute approximate surface area is 99.7 Å². The highest BCUT2D eigenvalue weighted by atomic mass is 15.1. The average Bonchev–Trinajstić information content (AvgIpc) is 2.30. The van der Waals surface area contributed by atoms with E-state index < -0.39 is 0 Å². The van der Waals surface area contributed by atoms with Crippen molar-refractivity contribution in [2.75, 3.05) is 25.0 Å². The fourth-order valence-corrected chi connectivity index (χ4v) is 1.94. The molecule has 0 radical (unpaired) electrons. The summed E-state index contributed by atoms with van der Waals surface area (Å²) in [6, 6.07) is 8.89. The van der Waals surface area contributed by atoms with E-state index in [4.69, 9.17) is 0 Å². The van der Waals surface area contributed by atoms with Crippen molar-refractivity contribution in [1.82, 2.24) is 5.32 Å². The van der Waals surface area contributed by atoms with Crippen LogP contribution in [0.1, 0.15) is 32.3 Å². The van der Waals surface area contributed by atoms with E-state index in [2.05, 4.69) is 48.3 Å². The molecule has 0 bridgehead atoms. The summed E-state index contributed by atoms with van der Waals surface area (Å²) in [5.41, 5.74) is 2.70. The third-order valence-electron chi connectivity index (χ3n) is 2.67. The van der Waals surface area contributed by atoms with Gasteiger partial charge < -0.3 is 10.2 Å². The van der Waals surface area contributed by atoms with Crippen LogP contribution in [0.4, 0.5) is 5.69 Å². The van der Waals surface area contributed by atoms with Crippen molar-refractivity contribution in [2.24, 2.45) is 0 Å². The van der Waals surface area contributed by atoms with E-state index in [1.807, 2.05) is 7.05 Å². The van der Waals surface area contributed by atoms with E-state index in [-0.39, 0.29) is 0 Å². The number of nitrogens with zero attached hydrogens (tertiary/aromatic N) is 1. The first-order valence-electron chi connectivity index (χ1n) is 6.30. The van der Waals surface area contributed by atoms with E-state index in [1.165, 1.54) is 24.1 Å². The lowest BCUT2D eigenvalue weighted by Gasteiger charge is -2.23. The average molecular weight is 220 g/mol. The Bertz CT molecular complexity index is 273. The molecule has 0 atom stereocenters. The Morgan fingerprint density at radius 3 is 2.00 bits per heavy atom. The first-order valence-corrected chi connectivity index (χ1v) is 6.30. The highest BCUT2D eigenvalue weighted by Crippen LogP contribution is 2.16. The van der Waals surface area contributed by atoms with Crippen LogP contribution in [0.3, 0.4) is 0 Å². The maximum absolute atomic E-state index is 3.17. The Morgan fingerprint density at radius 1 is 1.00 bits per heavy atom. The minimum Gasteiger partial charge on any atom is -0.372 e. The van der Waals surface area contributed by atoms with Gasteiger partial charge in [0.2, 0.25) is 0 Å². The van der Waals surface area contributed by atoms with E-state index in [1.54, 1.807) is 0 Å². The van der Waals surface area contributed by atoms with Gasteiger partial charge in [-0.1, -0.05) is 26.0 Å². The lowest BCUT2D eigenvalue weighted by atomic mass is 10.2. The van der Waals surface area contributed by atoms with Crippen LogP contribution >= 0.6 is 0 Å². The molecule has 0 aliphatic rings. The lowest BCUT2D eigenvalue weighted by Crippen LogP contribution is -2.24. The fraction of sp³-hybridized carbons (Fsp3) is 0.571. The van der Waals surface area contributed by atoms with Gasteiger partial charge in [-0.2, -0.15) is 0 Å². The number of hydrogen-bond acceptors (Lipinski definition) is 2. The van der Waals surface area contributed by atoms with Crippen LogP contribution in [-0.4, -0.2) is 20.1 Å². The minimum absolute atomic E-state index is 0.946. The molecule has 1 N–H and O–H groups in total. The summed E-state index contributed by atoms with van der Waals surface area (Å²) in [7, 11) is 1.98.